The first-order chi connectivity index (χ1) is 12.5. The highest BCUT2D eigenvalue weighted by Crippen LogP contribution is 2.28. The first-order valence-corrected chi connectivity index (χ1v) is 8.42. The standard InChI is InChI=1S/C19H15ClFN5/c1-11-17(14-8-7-13(20)10-15(14)21)24-18(22)19-23-16(25-26(11)19)9-12-5-3-2-4-6-12/h2-8,10H,9H2,1H3,(H2,22,24). The Morgan fingerprint density at radius 2 is 1.88 bits per heavy atom. The number of aryl methyl sites for hydroxylation is 1. The average molecular weight is 368 g/mol. The maximum Gasteiger partial charge on any atom is 0.198 e. The largest absolute Gasteiger partial charge is 0.381 e. The van der Waals surface area contributed by atoms with Crippen LogP contribution >= 0.6 is 11.6 Å². The summed E-state index contributed by atoms with van der Waals surface area (Å²) in [4.78, 5) is 8.84. The molecule has 7 heteroatoms. The van der Waals surface area contributed by atoms with Crippen LogP contribution in [0.1, 0.15) is 17.1 Å². The van der Waals surface area contributed by atoms with Gasteiger partial charge in [-0.15, -0.1) is 0 Å². The molecule has 0 radical (unpaired) electrons. The van der Waals surface area contributed by atoms with Gasteiger partial charge in [-0.2, -0.15) is 5.10 Å². The van der Waals surface area contributed by atoms with E-state index in [2.05, 4.69) is 15.1 Å². The number of aromatic nitrogens is 4. The maximum absolute atomic E-state index is 14.3. The summed E-state index contributed by atoms with van der Waals surface area (Å²) in [5, 5.41) is 4.86. The molecule has 0 atom stereocenters. The van der Waals surface area contributed by atoms with E-state index >= 15 is 0 Å². The fraction of sp³-hybridized carbons (Fsp3) is 0.105. The summed E-state index contributed by atoms with van der Waals surface area (Å²) in [6.07, 6.45) is 0.575. The minimum atomic E-state index is -0.462. The fourth-order valence-electron chi connectivity index (χ4n) is 2.90. The van der Waals surface area contributed by atoms with Gasteiger partial charge in [0.25, 0.3) is 0 Å². The Hall–Kier alpha value is -2.99. The van der Waals surface area contributed by atoms with Crippen LogP contribution in [0.3, 0.4) is 0 Å². The van der Waals surface area contributed by atoms with Crippen molar-refractivity contribution in [2.24, 2.45) is 0 Å². The number of fused-ring (bicyclic) bond motifs is 1. The molecule has 0 aliphatic carbocycles. The minimum Gasteiger partial charge on any atom is -0.381 e. The second kappa shape index (κ2) is 6.38. The van der Waals surface area contributed by atoms with Crippen molar-refractivity contribution in [3.05, 3.63) is 76.5 Å². The number of anilines is 1. The Morgan fingerprint density at radius 3 is 2.62 bits per heavy atom. The summed E-state index contributed by atoms with van der Waals surface area (Å²) in [5.74, 6) is 0.366. The Kier molecular flexibility index (Phi) is 4.05. The van der Waals surface area contributed by atoms with Crippen molar-refractivity contribution in [3.63, 3.8) is 0 Å². The highest BCUT2D eigenvalue weighted by molar-refractivity contribution is 6.30. The van der Waals surface area contributed by atoms with E-state index in [1.54, 1.807) is 16.6 Å². The van der Waals surface area contributed by atoms with Crippen molar-refractivity contribution in [2.45, 2.75) is 13.3 Å². The molecule has 4 aromatic rings. The van der Waals surface area contributed by atoms with Crippen LogP contribution < -0.4 is 5.73 Å². The first-order valence-electron chi connectivity index (χ1n) is 8.04. The molecule has 2 aromatic heterocycles. The van der Waals surface area contributed by atoms with E-state index in [1.165, 1.54) is 6.07 Å². The van der Waals surface area contributed by atoms with Crippen molar-refractivity contribution >= 4 is 23.1 Å². The summed E-state index contributed by atoms with van der Waals surface area (Å²) in [7, 11) is 0. The Labute approximate surface area is 154 Å². The predicted octanol–water partition coefficient (Wildman–Crippen LogP) is 4.07. The van der Waals surface area contributed by atoms with Crippen molar-refractivity contribution in [1.82, 2.24) is 19.6 Å². The molecule has 0 aliphatic rings. The number of hydrogen-bond donors (Lipinski definition) is 1. The molecule has 0 saturated carbocycles. The summed E-state index contributed by atoms with van der Waals surface area (Å²) in [6.45, 7) is 1.81. The number of halogens is 2. The highest BCUT2D eigenvalue weighted by Gasteiger charge is 2.17. The third-order valence-electron chi connectivity index (χ3n) is 4.16. The molecule has 2 heterocycles. The lowest BCUT2D eigenvalue weighted by Crippen LogP contribution is -2.05. The third-order valence-corrected chi connectivity index (χ3v) is 4.40. The van der Waals surface area contributed by atoms with Gasteiger partial charge in [-0.05, 0) is 30.7 Å². The van der Waals surface area contributed by atoms with Crippen molar-refractivity contribution in [1.29, 1.82) is 0 Å². The molecule has 130 valence electrons. The third kappa shape index (κ3) is 2.88. The van der Waals surface area contributed by atoms with E-state index < -0.39 is 5.82 Å². The zero-order valence-corrected chi connectivity index (χ0v) is 14.7. The number of nitrogens with two attached hydrogens (primary N) is 1. The van der Waals surface area contributed by atoms with Crippen LogP contribution in [0.5, 0.6) is 0 Å². The van der Waals surface area contributed by atoms with Crippen LogP contribution in [0, 0.1) is 12.7 Å². The molecule has 2 N–H and O–H groups in total. The molecular formula is C19H15ClFN5. The quantitative estimate of drug-likeness (QED) is 0.592. The minimum absolute atomic E-state index is 0.201. The molecule has 26 heavy (non-hydrogen) atoms. The molecule has 0 amide bonds. The fourth-order valence-corrected chi connectivity index (χ4v) is 3.05. The van der Waals surface area contributed by atoms with Gasteiger partial charge in [0.15, 0.2) is 17.3 Å². The Morgan fingerprint density at radius 1 is 1.12 bits per heavy atom. The monoisotopic (exact) mass is 367 g/mol. The van der Waals surface area contributed by atoms with Crippen molar-refractivity contribution in [2.75, 3.05) is 5.73 Å². The molecule has 2 aromatic carbocycles. The topological polar surface area (TPSA) is 69.1 Å². The van der Waals surface area contributed by atoms with Gasteiger partial charge in [-0.3, -0.25) is 0 Å². The molecule has 0 bridgehead atoms. The van der Waals surface area contributed by atoms with E-state index in [-0.39, 0.29) is 5.82 Å². The van der Waals surface area contributed by atoms with Gasteiger partial charge in [0.1, 0.15) is 5.82 Å². The molecular weight excluding hydrogens is 353 g/mol. The summed E-state index contributed by atoms with van der Waals surface area (Å²) in [6, 6.07) is 14.4. The molecule has 0 saturated heterocycles. The van der Waals surface area contributed by atoms with Gasteiger partial charge in [-0.1, -0.05) is 41.9 Å². The van der Waals surface area contributed by atoms with Crippen LogP contribution in [0.4, 0.5) is 10.2 Å². The zero-order valence-electron chi connectivity index (χ0n) is 13.9. The van der Waals surface area contributed by atoms with Gasteiger partial charge in [0.05, 0.1) is 11.4 Å². The predicted molar refractivity (Wildman–Crippen MR) is 99.6 cm³/mol. The first kappa shape index (κ1) is 16.5. The number of nitrogen functional groups attached to an aromatic ring is 1. The number of nitrogens with zero attached hydrogens (tertiary/aromatic N) is 4. The lowest BCUT2D eigenvalue weighted by atomic mass is 10.1. The van der Waals surface area contributed by atoms with E-state index in [1.807, 2.05) is 37.3 Å². The Balaban J connectivity index is 1.83. The molecule has 5 nitrogen and oxygen atoms in total. The smallest absolute Gasteiger partial charge is 0.198 e. The lowest BCUT2D eigenvalue weighted by molar-refractivity contribution is 0.630. The number of rotatable bonds is 3. The molecule has 0 fully saturated rings. The second-order valence-corrected chi connectivity index (χ2v) is 6.42. The van der Waals surface area contributed by atoms with Gasteiger partial charge in [0.2, 0.25) is 0 Å². The SMILES string of the molecule is Cc1c(-c2ccc(Cl)cc2F)nc(N)c2nc(Cc3ccccc3)nn12. The van der Waals surface area contributed by atoms with Crippen LogP contribution in [-0.2, 0) is 6.42 Å². The van der Waals surface area contributed by atoms with Gasteiger partial charge < -0.3 is 5.73 Å². The highest BCUT2D eigenvalue weighted by atomic mass is 35.5. The van der Waals surface area contributed by atoms with E-state index in [0.717, 1.165) is 5.56 Å². The maximum atomic E-state index is 14.3. The average Bonchev–Trinajstić information content (AvgIpc) is 3.04. The zero-order chi connectivity index (χ0) is 18.3. The normalized spacial score (nSPS) is 11.2. The van der Waals surface area contributed by atoms with Crippen molar-refractivity contribution < 1.29 is 4.39 Å². The van der Waals surface area contributed by atoms with Gasteiger partial charge >= 0.3 is 0 Å². The van der Waals surface area contributed by atoms with E-state index in [0.29, 0.717) is 39.9 Å². The second-order valence-electron chi connectivity index (χ2n) is 5.98. The molecule has 4 rings (SSSR count). The number of hydrogen-bond acceptors (Lipinski definition) is 4. The van der Waals surface area contributed by atoms with Crippen molar-refractivity contribution in [3.8, 4) is 11.3 Å². The van der Waals surface area contributed by atoms with Crippen LogP contribution in [0.15, 0.2) is 48.5 Å². The van der Waals surface area contributed by atoms with E-state index in [9.17, 15) is 4.39 Å². The summed E-state index contributed by atoms with van der Waals surface area (Å²) in [5.41, 5.74) is 9.02. The van der Waals surface area contributed by atoms with Crippen LogP contribution in [0.25, 0.3) is 16.9 Å². The Bertz CT molecular complexity index is 1110. The van der Waals surface area contributed by atoms with Gasteiger partial charge in [-0.25, -0.2) is 18.9 Å². The molecule has 0 unspecified atom stereocenters. The van der Waals surface area contributed by atoms with Crippen LogP contribution in [-0.4, -0.2) is 19.6 Å². The van der Waals surface area contributed by atoms with Gasteiger partial charge in [0, 0.05) is 17.0 Å². The summed E-state index contributed by atoms with van der Waals surface area (Å²) < 4.78 is 15.9. The molecule has 0 aliphatic heterocycles. The number of benzene rings is 2. The van der Waals surface area contributed by atoms with Crippen LogP contribution in [0.2, 0.25) is 5.02 Å². The molecule has 0 spiro atoms. The lowest BCUT2D eigenvalue weighted by Gasteiger charge is -2.09. The summed E-state index contributed by atoms with van der Waals surface area (Å²) >= 11 is 5.84. The van der Waals surface area contributed by atoms with E-state index in [4.69, 9.17) is 17.3 Å².